The molecule has 2 saturated heterocycles. The van der Waals surface area contributed by atoms with Crippen molar-refractivity contribution in [2.75, 3.05) is 50.8 Å². The van der Waals surface area contributed by atoms with Crippen molar-refractivity contribution in [2.24, 2.45) is 5.92 Å². The molecule has 0 unspecified atom stereocenters. The van der Waals surface area contributed by atoms with Gasteiger partial charge in [-0.05, 0) is 30.9 Å². The Hall–Kier alpha value is -2.80. The van der Waals surface area contributed by atoms with Crippen LogP contribution in [0.2, 0.25) is 0 Å². The zero-order valence-corrected chi connectivity index (χ0v) is 18.2. The number of hydrogen-bond donors (Lipinski definition) is 0. The second kappa shape index (κ2) is 10.0. The van der Waals surface area contributed by atoms with E-state index in [9.17, 15) is 9.59 Å². The molecule has 0 aliphatic carbocycles. The molecule has 0 atom stereocenters. The molecule has 2 fully saturated rings. The Morgan fingerprint density at radius 3 is 2.45 bits per heavy atom. The third-order valence-corrected chi connectivity index (χ3v) is 6.21. The molecular weight excluding hydrogens is 394 g/mol. The highest BCUT2D eigenvalue weighted by atomic mass is 16.5. The van der Waals surface area contributed by atoms with Crippen LogP contribution in [0.15, 0.2) is 51.9 Å². The highest BCUT2D eigenvalue weighted by Crippen LogP contribution is 2.18. The summed E-state index contributed by atoms with van der Waals surface area (Å²) in [6.45, 7) is 7.86. The molecule has 0 N–H and O–H groups in total. The number of carbonyl (C=O) groups is 1. The molecular formula is C24H31N3O4. The third-order valence-electron chi connectivity index (χ3n) is 6.21. The average molecular weight is 426 g/mol. The SMILES string of the molecule is CC1CCN(C(=O)COc2coc(CN3CCN(c4ccccc4)CC3)cc2=O)CC1. The van der Waals surface area contributed by atoms with E-state index < -0.39 is 0 Å². The second-order valence-electron chi connectivity index (χ2n) is 8.53. The molecule has 2 aromatic rings. The fraction of sp³-hybridized carbons (Fsp3) is 0.500. The summed E-state index contributed by atoms with van der Waals surface area (Å²) in [5, 5.41) is 0. The highest BCUT2D eigenvalue weighted by Gasteiger charge is 2.21. The first-order valence-electron chi connectivity index (χ1n) is 11.1. The summed E-state index contributed by atoms with van der Waals surface area (Å²) in [4.78, 5) is 31.2. The lowest BCUT2D eigenvalue weighted by Gasteiger charge is -2.35. The molecule has 2 aliphatic rings. The molecule has 2 aliphatic heterocycles. The molecule has 1 amide bonds. The van der Waals surface area contributed by atoms with Crippen LogP contribution in [0.1, 0.15) is 25.5 Å². The molecule has 7 nitrogen and oxygen atoms in total. The number of ether oxygens (including phenoxy) is 1. The van der Waals surface area contributed by atoms with Crippen LogP contribution in [-0.2, 0) is 11.3 Å². The standard InChI is InChI=1S/C24H31N3O4/c1-19-7-9-27(10-8-19)24(29)18-31-23-17-30-21(15-22(23)28)16-25-11-13-26(14-12-25)20-5-3-2-4-6-20/h2-6,15,17,19H,7-14,16,18H2,1H3. The molecule has 0 spiro atoms. The Morgan fingerprint density at radius 1 is 1.06 bits per heavy atom. The normalized spacial score (nSPS) is 18.2. The summed E-state index contributed by atoms with van der Waals surface area (Å²) in [6.07, 6.45) is 3.37. The number of anilines is 1. The van der Waals surface area contributed by atoms with E-state index in [4.69, 9.17) is 9.15 Å². The number of piperazine rings is 1. The van der Waals surface area contributed by atoms with Crippen molar-refractivity contribution in [3.8, 4) is 5.75 Å². The zero-order chi connectivity index (χ0) is 21.6. The van der Waals surface area contributed by atoms with Crippen molar-refractivity contribution >= 4 is 11.6 Å². The molecule has 166 valence electrons. The molecule has 4 rings (SSSR count). The summed E-state index contributed by atoms with van der Waals surface area (Å²) in [6, 6.07) is 11.9. The lowest BCUT2D eigenvalue weighted by atomic mass is 9.99. The largest absolute Gasteiger partial charge is 0.477 e. The number of nitrogens with zero attached hydrogens (tertiary/aromatic N) is 3. The minimum absolute atomic E-state index is 0.0772. The van der Waals surface area contributed by atoms with Gasteiger partial charge in [0.15, 0.2) is 6.61 Å². The van der Waals surface area contributed by atoms with E-state index in [-0.39, 0.29) is 23.7 Å². The van der Waals surface area contributed by atoms with Crippen molar-refractivity contribution in [2.45, 2.75) is 26.3 Å². The minimum atomic E-state index is -0.246. The van der Waals surface area contributed by atoms with Gasteiger partial charge in [-0.2, -0.15) is 0 Å². The molecule has 0 radical (unpaired) electrons. The number of rotatable bonds is 6. The first-order valence-corrected chi connectivity index (χ1v) is 11.1. The van der Waals surface area contributed by atoms with Crippen LogP contribution in [0, 0.1) is 5.92 Å². The monoisotopic (exact) mass is 425 g/mol. The van der Waals surface area contributed by atoms with Gasteiger partial charge in [0, 0.05) is 51.0 Å². The Kier molecular flexibility index (Phi) is 6.92. The van der Waals surface area contributed by atoms with Gasteiger partial charge in [0.05, 0.1) is 6.54 Å². The summed E-state index contributed by atoms with van der Waals surface area (Å²) < 4.78 is 11.1. The number of likely N-dealkylation sites (tertiary alicyclic amines) is 1. The van der Waals surface area contributed by atoms with Crippen molar-refractivity contribution < 1.29 is 13.9 Å². The van der Waals surface area contributed by atoms with Crippen molar-refractivity contribution in [1.29, 1.82) is 0 Å². The first-order chi connectivity index (χ1) is 15.1. The van der Waals surface area contributed by atoms with Crippen LogP contribution < -0.4 is 15.1 Å². The predicted octanol–water partition coefficient (Wildman–Crippen LogP) is 2.60. The number of amides is 1. The Morgan fingerprint density at radius 2 is 1.77 bits per heavy atom. The molecule has 7 heteroatoms. The van der Waals surface area contributed by atoms with Gasteiger partial charge in [0.2, 0.25) is 11.2 Å². The predicted molar refractivity (Wildman–Crippen MR) is 119 cm³/mol. The molecule has 31 heavy (non-hydrogen) atoms. The Labute approximate surface area is 183 Å². The van der Waals surface area contributed by atoms with E-state index >= 15 is 0 Å². The van der Waals surface area contributed by atoms with Gasteiger partial charge >= 0.3 is 0 Å². The van der Waals surface area contributed by atoms with E-state index in [0.29, 0.717) is 18.2 Å². The lowest BCUT2D eigenvalue weighted by molar-refractivity contribution is -0.134. The fourth-order valence-corrected chi connectivity index (χ4v) is 4.14. The van der Waals surface area contributed by atoms with Gasteiger partial charge < -0.3 is 19.0 Å². The van der Waals surface area contributed by atoms with Gasteiger partial charge in [0.25, 0.3) is 5.91 Å². The maximum Gasteiger partial charge on any atom is 0.260 e. The Bertz CT molecular complexity index is 914. The number of para-hydroxylation sites is 1. The van der Waals surface area contributed by atoms with Gasteiger partial charge in [-0.3, -0.25) is 14.5 Å². The van der Waals surface area contributed by atoms with Crippen molar-refractivity contribution in [3.63, 3.8) is 0 Å². The van der Waals surface area contributed by atoms with Crippen LogP contribution in [0.25, 0.3) is 0 Å². The average Bonchev–Trinajstić information content (AvgIpc) is 2.80. The van der Waals surface area contributed by atoms with Crippen molar-refractivity contribution in [1.82, 2.24) is 9.80 Å². The molecule has 3 heterocycles. The zero-order valence-electron chi connectivity index (χ0n) is 18.2. The Balaban J connectivity index is 1.25. The van der Waals surface area contributed by atoms with Gasteiger partial charge in [0.1, 0.15) is 12.0 Å². The smallest absolute Gasteiger partial charge is 0.260 e. The number of piperidine rings is 1. The first kappa shape index (κ1) is 21.4. The van der Waals surface area contributed by atoms with Gasteiger partial charge in [-0.1, -0.05) is 25.1 Å². The van der Waals surface area contributed by atoms with E-state index in [1.54, 1.807) is 0 Å². The third kappa shape index (κ3) is 5.67. The highest BCUT2D eigenvalue weighted by molar-refractivity contribution is 5.77. The number of benzene rings is 1. The van der Waals surface area contributed by atoms with E-state index in [2.05, 4.69) is 41.0 Å². The van der Waals surface area contributed by atoms with Crippen LogP contribution in [0.5, 0.6) is 5.75 Å². The summed E-state index contributed by atoms with van der Waals surface area (Å²) in [5.41, 5.74) is 0.994. The molecule has 1 aromatic carbocycles. The van der Waals surface area contributed by atoms with Gasteiger partial charge in [-0.25, -0.2) is 0 Å². The second-order valence-corrected chi connectivity index (χ2v) is 8.53. The van der Waals surface area contributed by atoms with Crippen LogP contribution in [0.3, 0.4) is 0 Å². The van der Waals surface area contributed by atoms with E-state index in [1.807, 2.05) is 11.0 Å². The minimum Gasteiger partial charge on any atom is -0.477 e. The van der Waals surface area contributed by atoms with Crippen molar-refractivity contribution in [3.05, 3.63) is 58.6 Å². The van der Waals surface area contributed by atoms with Gasteiger partial charge in [-0.15, -0.1) is 0 Å². The fourth-order valence-electron chi connectivity index (χ4n) is 4.14. The van der Waals surface area contributed by atoms with E-state index in [0.717, 1.165) is 52.1 Å². The maximum absolute atomic E-state index is 12.4. The summed E-state index contributed by atoms with van der Waals surface area (Å²) >= 11 is 0. The van der Waals surface area contributed by atoms with E-state index in [1.165, 1.54) is 18.0 Å². The number of carbonyl (C=O) groups excluding carboxylic acids is 1. The maximum atomic E-state index is 12.4. The quantitative estimate of drug-likeness (QED) is 0.709. The molecule has 1 aromatic heterocycles. The summed E-state index contributed by atoms with van der Waals surface area (Å²) in [5.74, 6) is 1.29. The summed E-state index contributed by atoms with van der Waals surface area (Å²) in [7, 11) is 0. The van der Waals surface area contributed by atoms with Crippen LogP contribution >= 0.6 is 0 Å². The van der Waals surface area contributed by atoms with Crippen LogP contribution in [-0.4, -0.2) is 61.6 Å². The lowest BCUT2D eigenvalue weighted by Crippen LogP contribution is -2.46. The molecule has 0 bridgehead atoms. The van der Waals surface area contributed by atoms with Crippen LogP contribution in [0.4, 0.5) is 5.69 Å². The topological polar surface area (TPSA) is 66.2 Å². The number of hydrogen-bond acceptors (Lipinski definition) is 6. The molecule has 0 saturated carbocycles.